The van der Waals surface area contributed by atoms with Gasteiger partial charge in [0.2, 0.25) is 0 Å². The molecule has 0 bridgehead atoms. The van der Waals surface area contributed by atoms with Crippen LogP contribution < -0.4 is 5.32 Å². The molecule has 0 spiro atoms. The predicted molar refractivity (Wildman–Crippen MR) is 90.3 cm³/mol. The lowest BCUT2D eigenvalue weighted by Gasteiger charge is -2.23. The molecule has 1 amide bonds. The summed E-state index contributed by atoms with van der Waals surface area (Å²) in [7, 11) is 0. The minimum Gasteiger partial charge on any atom is -0.346 e. The van der Waals surface area contributed by atoms with Gasteiger partial charge in [0.05, 0.1) is 18.4 Å². The molecule has 4 rings (SSSR count). The van der Waals surface area contributed by atoms with Gasteiger partial charge >= 0.3 is 0 Å². The molecular weight excluding hydrogens is 337 g/mol. The van der Waals surface area contributed by atoms with E-state index >= 15 is 0 Å². The Kier molecular flexibility index (Phi) is 4.19. The summed E-state index contributed by atoms with van der Waals surface area (Å²) in [5.74, 6) is 1.17. The number of hydrogen-bond acceptors (Lipinski definition) is 5. The maximum absolute atomic E-state index is 13.0. The third-order valence-electron chi connectivity index (χ3n) is 4.34. The molecular formula is C17H18FN7O. The van der Waals surface area contributed by atoms with E-state index in [1.54, 1.807) is 12.1 Å². The van der Waals surface area contributed by atoms with Gasteiger partial charge in [0.15, 0.2) is 11.5 Å². The van der Waals surface area contributed by atoms with Crippen LogP contribution in [0.25, 0.3) is 5.69 Å². The third-order valence-corrected chi connectivity index (χ3v) is 4.34. The predicted octanol–water partition coefficient (Wildman–Crippen LogP) is 1.31. The Morgan fingerprint density at radius 2 is 2.12 bits per heavy atom. The van der Waals surface area contributed by atoms with Crippen molar-refractivity contribution in [1.82, 2.24) is 35.1 Å². The number of amides is 1. The molecule has 1 aliphatic heterocycles. The molecule has 1 aromatic carbocycles. The Morgan fingerprint density at radius 1 is 1.31 bits per heavy atom. The molecule has 1 aliphatic rings. The van der Waals surface area contributed by atoms with E-state index in [0.717, 1.165) is 30.9 Å². The topological polar surface area (TPSA) is 90.5 Å². The summed E-state index contributed by atoms with van der Waals surface area (Å²) in [6.07, 6.45) is 3.78. The van der Waals surface area contributed by atoms with Crippen LogP contribution in [0, 0.1) is 5.82 Å². The van der Waals surface area contributed by atoms with Gasteiger partial charge in [-0.3, -0.25) is 4.79 Å². The number of nitrogens with one attached hydrogen (secondary N) is 1. The third kappa shape index (κ3) is 3.19. The number of carbonyl (C=O) groups excluding carboxylic acids is 1. The second kappa shape index (κ2) is 6.66. The zero-order valence-corrected chi connectivity index (χ0v) is 14.3. The van der Waals surface area contributed by atoms with Gasteiger partial charge < -0.3 is 5.32 Å². The van der Waals surface area contributed by atoms with E-state index in [0.29, 0.717) is 12.2 Å². The van der Waals surface area contributed by atoms with Gasteiger partial charge in [0, 0.05) is 18.9 Å². The summed E-state index contributed by atoms with van der Waals surface area (Å²) in [6, 6.07) is 5.71. The molecule has 3 heterocycles. The van der Waals surface area contributed by atoms with Crippen LogP contribution in [0.1, 0.15) is 35.5 Å². The quantitative estimate of drug-likeness (QED) is 0.762. The lowest BCUT2D eigenvalue weighted by molar-refractivity contribution is 0.0920. The van der Waals surface area contributed by atoms with Gasteiger partial charge in [-0.1, -0.05) is 6.92 Å². The highest BCUT2D eigenvalue weighted by Gasteiger charge is 2.24. The Hall–Kier alpha value is -3.10. The summed E-state index contributed by atoms with van der Waals surface area (Å²) < 4.78 is 14.9. The maximum Gasteiger partial charge on any atom is 0.273 e. The Labute approximate surface area is 149 Å². The summed E-state index contributed by atoms with van der Waals surface area (Å²) in [5.41, 5.74) is 0.801. The monoisotopic (exact) mass is 355 g/mol. The van der Waals surface area contributed by atoms with Gasteiger partial charge in [0.1, 0.15) is 11.6 Å². The highest BCUT2D eigenvalue weighted by Crippen LogP contribution is 2.14. The van der Waals surface area contributed by atoms with Crippen LogP contribution in [0.5, 0.6) is 0 Å². The van der Waals surface area contributed by atoms with Gasteiger partial charge in [-0.2, -0.15) is 15.0 Å². The zero-order chi connectivity index (χ0) is 18.1. The van der Waals surface area contributed by atoms with Crippen molar-refractivity contribution in [3.8, 4) is 5.69 Å². The first-order chi connectivity index (χ1) is 12.6. The van der Waals surface area contributed by atoms with Gasteiger partial charge in [0.25, 0.3) is 5.91 Å². The number of aromatic nitrogens is 6. The van der Waals surface area contributed by atoms with Crippen molar-refractivity contribution < 1.29 is 9.18 Å². The Bertz CT molecular complexity index is 931. The summed E-state index contributed by atoms with van der Waals surface area (Å²) in [4.78, 5) is 18.2. The first kappa shape index (κ1) is 16.4. The number of halogens is 1. The smallest absolute Gasteiger partial charge is 0.273 e. The van der Waals surface area contributed by atoms with Crippen LogP contribution >= 0.6 is 0 Å². The van der Waals surface area contributed by atoms with E-state index in [1.165, 1.54) is 23.1 Å². The molecule has 0 radical (unpaired) electrons. The van der Waals surface area contributed by atoms with E-state index in [4.69, 9.17) is 0 Å². The molecule has 3 aromatic rings. The Morgan fingerprint density at radius 3 is 2.88 bits per heavy atom. The molecule has 8 nitrogen and oxygen atoms in total. The van der Waals surface area contributed by atoms with Gasteiger partial charge in [-0.25, -0.2) is 14.1 Å². The molecule has 9 heteroatoms. The standard InChI is InChI=1S/C17H18FN7O/c1-2-15-21-16-8-5-12(10-24(16)23-15)20-17(26)14-9-19-25(22-14)13-6-3-11(18)4-7-13/h3-4,6-7,9,12H,2,5,8,10H2,1H3,(H,20,26)/t12-/m0/s1. The normalized spacial score (nSPS) is 16.3. The number of fused-ring (bicyclic) bond motifs is 1. The molecule has 26 heavy (non-hydrogen) atoms. The molecule has 2 aromatic heterocycles. The average Bonchev–Trinajstić information content (AvgIpc) is 3.29. The number of nitrogens with zero attached hydrogens (tertiary/aromatic N) is 6. The van der Waals surface area contributed by atoms with Crippen molar-refractivity contribution in [2.75, 3.05) is 0 Å². The highest BCUT2D eigenvalue weighted by molar-refractivity contribution is 5.92. The van der Waals surface area contributed by atoms with E-state index in [-0.39, 0.29) is 23.5 Å². The maximum atomic E-state index is 13.0. The largest absolute Gasteiger partial charge is 0.346 e. The first-order valence-corrected chi connectivity index (χ1v) is 8.54. The van der Waals surface area contributed by atoms with Gasteiger partial charge in [-0.05, 0) is 30.7 Å². The van der Waals surface area contributed by atoms with E-state index in [2.05, 4.69) is 25.6 Å². The number of hydrogen-bond donors (Lipinski definition) is 1. The first-order valence-electron chi connectivity index (χ1n) is 8.54. The number of aryl methyl sites for hydroxylation is 2. The average molecular weight is 355 g/mol. The molecule has 0 saturated carbocycles. The summed E-state index contributed by atoms with van der Waals surface area (Å²) in [5, 5.41) is 15.7. The molecule has 0 fully saturated rings. The van der Waals surface area contributed by atoms with Crippen molar-refractivity contribution in [3.05, 3.63) is 53.6 Å². The van der Waals surface area contributed by atoms with Crippen molar-refractivity contribution in [2.24, 2.45) is 0 Å². The van der Waals surface area contributed by atoms with E-state index in [9.17, 15) is 9.18 Å². The van der Waals surface area contributed by atoms with Crippen LogP contribution in [0.2, 0.25) is 0 Å². The SMILES string of the molecule is CCc1nc2n(n1)C[C@@H](NC(=O)c1cnn(-c3ccc(F)cc3)n1)CC2. The fourth-order valence-corrected chi connectivity index (χ4v) is 2.95. The van der Waals surface area contributed by atoms with Crippen molar-refractivity contribution in [2.45, 2.75) is 38.8 Å². The van der Waals surface area contributed by atoms with E-state index < -0.39 is 0 Å². The fourth-order valence-electron chi connectivity index (χ4n) is 2.95. The van der Waals surface area contributed by atoms with Crippen molar-refractivity contribution >= 4 is 5.91 Å². The molecule has 0 unspecified atom stereocenters. The number of benzene rings is 1. The zero-order valence-electron chi connectivity index (χ0n) is 14.3. The van der Waals surface area contributed by atoms with Crippen LogP contribution in [0.4, 0.5) is 4.39 Å². The molecule has 134 valence electrons. The van der Waals surface area contributed by atoms with Crippen molar-refractivity contribution in [3.63, 3.8) is 0 Å². The number of rotatable bonds is 4. The Balaban J connectivity index is 1.43. The lowest BCUT2D eigenvalue weighted by Crippen LogP contribution is -2.41. The second-order valence-corrected chi connectivity index (χ2v) is 6.18. The minimum absolute atomic E-state index is 0.0302. The van der Waals surface area contributed by atoms with Crippen LogP contribution in [-0.4, -0.2) is 41.7 Å². The molecule has 0 aliphatic carbocycles. The molecule has 0 saturated heterocycles. The van der Waals surface area contributed by atoms with Crippen LogP contribution in [-0.2, 0) is 19.4 Å². The highest BCUT2D eigenvalue weighted by atomic mass is 19.1. The van der Waals surface area contributed by atoms with Crippen molar-refractivity contribution in [1.29, 1.82) is 0 Å². The number of carbonyl (C=O) groups is 1. The van der Waals surface area contributed by atoms with Crippen LogP contribution in [0.15, 0.2) is 30.5 Å². The van der Waals surface area contributed by atoms with E-state index in [1.807, 2.05) is 11.6 Å². The summed E-state index contributed by atoms with van der Waals surface area (Å²) >= 11 is 0. The summed E-state index contributed by atoms with van der Waals surface area (Å²) in [6.45, 7) is 2.62. The minimum atomic E-state index is -0.338. The molecule has 1 N–H and O–H groups in total. The lowest BCUT2D eigenvalue weighted by atomic mass is 10.1. The van der Waals surface area contributed by atoms with Crippen LogP contribution in [0.3, 0.4) is 0 Å². The van der Waals surface area contributed by atoms with Gasteiger partial charge in [-0.15, -0.1) is 5.10 Å². The fraction of sp³-hybridized carbons (Fsp3) is 0.353. The molecule has 1 atom stereocenters. The second-order valence-electron chi connectivity index (χ2n) is 6.18.